The van der Waals surface area contributed by atoms with Gasteiger partial charge in [0, 0.05) is 25.7 Å². The predicted octanol–water partition coefficient (Wildman–Crippen LogP) is 1.96. The Bertz CT molecular complexity index is 446. The summed E-state index contributed by atoms with van der Waals surface area (Å²) in [6.45, 7) is 4.33. The van der Waals surface area contributed by atoms with Crippen molar-refractivity contribution in [3.63, 3.8) is 0 Å². The Morgan fingerprint density at radius 2 is 2.00 bits per heavy atom. The third-order valence-electron chi connectivity index (χ3n) is 2.83. The van der Waals surface area contributed by atoms with Gasteiger partial charge in [-0.1, -0.05) is 25.1 Å². The molecule has 1 N–H and O–H groups in total. The zero-order valence-electron chi connectivity index (χ0n) is 11.6. The Kier molecular flexibility index (Phi) is 5.85. The first kappa shape index (κ1) is 15.0. The van der Waals surface area contributed by atoms with E-state index in [1.807, 2.05) is 31.2 Å². The molecule has 0 atom stereocenters. The zero-order valence-corrected chi connectivity index (χ0v) is 11.6. The van der Waals surface area contributed by atoms with Gasteiger partial charge in [-0.25, -0.2) is 4.79 Å². The van der Waals surface area contributed by atoms with E-state index in [2.05, 4.69) is 10.1 Å². The van der Waals surface area contributed by atoms with Crippen LogP contribution in [0.3, 0.4) is 0 Å². The third-order valence-corrected chi connectivity index (χ3v) is 2.83. The first-order valence-electron chi connectivity index (χ1n) is 6.28. The molecule has 0 aliphatic heterocycles. The minimum Gasteiger partial charge on any atom is -0.453 e. The van der Waals surface area contributed by atoms with Gasteiger partial charge in [0.1, 0.15) is 0 Å². The predicted molar refractivity (Wildman–Crippen MR) is 74.3 cm³/mol. The first-order chi connectivity index (χ1) is 9.10. The molecule has 5 heteroatoms. The monoisotopic (exact) mass is 264 g/mol. The molecule has 1 aromatic carbocycles. The van der Waals surface area contributed by atoms with Crippen LogP contribution in [0.1, 0.15) is 19.4 Å². The highest BCUT2D eigenvalue weighted by atomic mass is 16.5. The number of methoxy groups -OCH3 is 1. The molecule has 1 rings (SSSR count). The third kappa shape index (κ3) is 4.28. The normalized spacial score (nSPS) is 9.84. The van der Waals surface area contributed by atoms with Crippen LogP contribution in [0.4, 0.5) is 10.5 Å². The number of rotatable bonds is 5. The molecule has 5 nitrogen and oxygen atoms in total. The molecule has 0 unspecified atom stereocenters. The standard InChI is InChI=1S/C14H20N2O3/c1-4-12-7-5-6-8-13(12)16(11(2)17)10-9-15-14(18)19-3/h5-8H,4,9-10H2,1-3H3,(H,15,18). The van der Waals surface area contributed by atoms with E-state index in [0.29, 0.717) is 13.1 Å². The molecule has 104 valence electrons. The minimum atomic E-state index is -0.493. The Morgan fingerprint density at radius 1 is 1.32 bits per heavy atom. The van der Waals surface area contributed by atoms with Crippen molar-refractivity contribution < 1.29 is 14.3 Å². The van der Waals surface area contributed by atoms with E-state index in [4.69, 9.17) is 0 Å². The number of anilines is 1. The number of nitrogens with one attached hydrogen (secondary N) is 1. The maximum Gasteiger partial charge on any atom is 0.406 e. The summed E-state index contributed by atoms with van der Waals surface area (Å²) < 4.78 is 4.49. The van der Waals surface area contributed by atoms with Crippen LogP contribution in [0, 0.1) is 0 Å². The van der Waals surface area contributed by atoms with Gasteiger partial charge in [-0.2, -0.15) is 0 Å². The fraction of sp³-hybridized carbons (Fsp3) is 0.429. The van der Waals surface area contributed by atoms with Gasteiger partial charge in [-0.3, -0.25) is 4.79 Å². The quantitative estimate of drug-likeness (QED) is 0.884. The Labute approximate surface area is 113 Å². The highest BCUT2D eigenvalue weighted by Gasteiger charge is 2.14. The van der Waals surface area contributed by atoms with Gasteiger partial charge in [0.25, 0.3) is 0 Å². The molecule has 0 radical (unpaired) electrons. The summed E-state index contributed by atoms with van der Waals surface area (Å²) in [6.07, 6.45) is 0.358. The highest BCUT2D eigenvalue weighted by Crippen LogP contribution is 2.20. The fourth-order valence-corrected chi connectivity index (χ4v) is 1.86. The van der Waals surface area contributed by atoms with Gasteiger partial charge in [-0.05, 0) is 18.1 Å². The van der Waals surface area contributed by atoms with Crippen LogP contribution >= 0.6 is 0 Å². The van der Waals surface area contributed by atoms with Crippen molar-refractivity contribution in [1.82, 2.24) is 5.32 Å². The van der Waals surface area contributed by atoms with Crippen molar-refractivity contribution in [3.05, 3.63) is 29.8 Å². The molecular weight excluding hydrogens is 244 g/mol. The molecule has 2 amide bonds. The van der Waals surface area contributed by atoms with Crippen LogP contribution in [-0.2, 0) is 16.0 Å². The average Bonchev–Trinajstić information content (AvgIpc) is 2.42. The number of ether oxygens (including phenoxy) is 1. The molecule has 0 heterocycles. The second kappa shape index (κ2) is 7.41. The first-order valence-corrected chi connectivity index (χ1v) is 6.28. The van der Waals surface area contributed by atoms with E-state index < -0.39 is 6.09 Å². The van der Waals surface area contributed by atoms with E-state index in [-0.39, 0.29) is 5.91 Å². The largest absolute Gasteiger partial charge is 0.453 e. The second-order valence-corrected chi connectivity index (χ2v) is 4.07. The van der Waals surface area contributed by atoms with Crippen molar-refractivity contribution in [2.75, 3.05) is 25.1 Å². The molecule has 0 saturated heterocycles. The van der Waals surface area contributed by atoms with E-state index in [1.165, 1.54) is 14.0 Å². The summed E-state index contributed by atoms with van der Waals surface area (Å²) in [6, 6.07) is 7.77. The molecule has 19 heavy (non-hydrogen) atoms. The van der Waals surface area contributed by atoms with Gasteiger partial charge in [-0.15, -0.1) is 0 Å². The number of alkyl carbamates (subject to hydrolysis) is 1. The zero-order chi connectivity index (χ0) is 14.3. The smallest absolute Gasteiger partial charge is 0.406 e. The lowest BCUT2D eigenvalue weighted by Gasteiger charge is -2.23. The second-order valence-electron chi connectivity index (χ2n) is 4.07. The molecular formula is C14H20N2O3. The lowest BCUT2D eigenvalue weighted by Crippen LogP contribution is -2.38. The van der Waals surface area contributed by atoms with Gasteiger partial charge in [0.15, 0.2) is 0 Å². The molecule has 0 bridgehead atoms. The summed E-state index contributed by atoms with van der Waals surface area (Å²) in [5.74, 6) is -0.0486. The van der Waals surface area contributed by atoms with Gasteiger partial charge in [0.05, 0.1) is 7.11 Å². The van der Waals surface area contributed by atoms with Crippen LogP contribution in [-0.4, -0.2) is 32.2 Å². The Morgan fingerprint density at radius 3 is 2.58 bits per heavy atom. The van der Waals surface area contributed by atoms with Gasteiger partial charge < -0.3 is 15.0 Å². The number of hydrogen-bond donors (Lipinski definition) is 1. The highest BCUT2D eigenvalue weighted by molar-refractivity contribution is 5.92. The molecule has 1 aromatic rings. The number of aryl methyl sites for hydroxylation is 1. The molecule has 0 fully saturated rings. The summed E-state index contributed by atoms with van der Waals surface area (Å²) >= 11 is 0. The number of benzene rings is 1. The van der Waals surface area contributed by atoms with Crippen LogP contribution in [0.2, 0.25) is 0 Å². The maximum absolute atomic E-state index is 11.7. The lowest BCUT2D eigenvalue weighted by molar-refractivity contribution is -0.116. The Balaban J connectivity index is 2.77. The van der Waals surface area contributed by atoms with Crippen LogP contribution in [0.25, 0.3) is 0 Å². The molecule has 0 spiro atoms. The average molecular weight is 264 g/mol. The minimum absolute atomic E-state index is 0.0486. The number of para-hydroxylation sites is 1. The number of carbonyl (C=O) groups is 2. The van der Waals surface area contributed by atoms with Crippen LogP contribution < -0.4 is 10.2 Å². The molecule has 0 aromatic heterocycles. The van der Waals surface area contributed by atoms with Crippen molar-refractivity contribution in [2.45, 2.75) is 20.3 Å². The number of nitrogens with zero attached hydrogens (tertiary/aromatic N) is 1. The van der Waals surface area contributed by atoms with Crippen LogP contribution in [0.5, 0.6) is 0 Å². The number of amides is 2. The summed E-state index contributed by atoms with van der Waals surface area (Å²) in [4.78, 5) is 24.4. The SMILES string of the molecule is CCc1ccccc1N(CCNC(=O)OC)C(C)=O. The van der Waals surface area contributed by atoms with Crippen molar-refractivity contribution in [1.29, 1.82) is 0 Å². The summed E-state index contributed by atoms with van der Waals surface area (Å²) in [5, 5.41) is 2.57. The van der Waals surface area contributed by atoms with E-state index in [1.54, 1.807) is 4.90 Å². The molecule has 0 aliphatic rings. The van der Waals surface area contributed by atoms with E-state index in [0.717, 1.165) is 17.7 Å². The van der Waals surface area contributed by atoms with Gasteiger partial charge >= 0.3 is 6.09 Å². The van der Waals surface area contributed by atoms with Crippen molar-refractivity contribution >= 4 is 17.7 Å². The van der Waals surface area contributed by atoms with Crippen molar-refractivity contribution in [2.24, 2.45) is 0 Å². The molecule has 0 aliphatic carbocycles. The van der Waals surface area contributed by atoms with Crippen molar-refractivity contribution in [3.8, 4) is 0 Å². The fourth-order valence-electron chi connectivity index (χ4n) is 1.86. The topological polar surface area (TPSA) is 58.6 Å². The van der Waals surface area contributed by atoms with E-state index in [9.17, 15) is 9.59 Å². The summed E-state index contributed by atoms with van der Waals surface area (Å²) in [7, 11) is 1.31. The van der Waals surface area contributed by atoms with Gasteiger partial charge in [0.2, 0.25) is 5.91 Å². The van der Waals surface area contributed by atoms with E-state index >= 15 is 0 Å². The number of hydrogen-bond acceptors (Lipinski definition) is 3. The van der Waals surface area contributed by atoms with Crippen LogP contribution in [0.15, 0.2) is 24.3 Å². The Hall–Kier alpha value is -2.04. The maximum atomic E-state index is 11.7. The lowest BCUT2D eigenvalue weighted by atomic mass is 10.1. The molecule has 0 saturated carbocycles. The number of carbonyl (C=O) groups excluding carboxylic acids is 2. The summed E-state index contributed by atoms with van der Waals surface area (Å²) in [5.41, 5.74) is 2.00.